The smallest absolute Gasteiger partial charge is 0.241 e. The first-order valence-corrected chi connectivity index (χ1v) is 20.4. The van der Waals surface area contributed by atoms with E-state index in [0.717, 1.165) is 5.56 Å². The molecule has 0 unspecified atom stereocenters. The molecule has 0 spiro atoms. The van der Waals surface area contributed by atoms with E-state index in [2.05, 4.69) is 25.6 Å². The maximum atomic E-state index is 12.3. The van der Waals surface area contributed by atoms with Gasteiger partial charge in [-0.1, -0.05) is 71.7 Å². The summed E-state index contributed by atoms with van der Waals surface area (Å²) in [4.78, 5) is 35.3. The molecule has 0 aliphatic rings. The van der Waals surface area contributed by atoms with Crippen molar-refractivity contribution in [3.8, 4) is 23.0 Å². The summed E-state index contributed by atoms with van der Waals surface area (Å²) in [7, 11) is -8.26. The van der Waals surface area contributed by atoms with Crippen LogP contribution in [0, 0.1) is 0 Å². The van der Waals surface area contributed by atoms with Gasteiger partial charge in [-0.15, -0.1) is 0 Å². The molecule has 4 aromatic carbocycles. The molecule has 2 amide bonds. The first-order chi connectivity index (χ1) is 27.0. The fourth-order valence-corrected chi connectivity index (χ4v) is 6.67. The Labute approximate surface area is 342 Å². The third-order valence-electron chi connectivity index (χ3n) is 7.32. The van der Waals surface area contributed by atoms with Crippen LogP contribution in [0.5, 0.6) is 23.0 Å². The lowest BCUT2D eigenvalue weighted by Crippen LogP contribution is -2.17. The van der Waals surface area contributed by atoms with E-state index in [1.807, 2.05) is 30.3 Å². The molecule has 6 N–H and O–H groups in total. The summed E-state index contributed by atoms with van der Waals surface area (Å²) in [5, 5.41) is 16.7. The van der Waals surface area contributed by atoms with Crippen molar-refractivity contribution in [3.63, 3.8) is 0 Å². The maximum absolute atomic E-state index is 12.3. The van der Waals surface area contributed by atoms with Crippen LogP contribution in [0.1, 0.15) is 11.1 Å². The van der Waals surface area contributed by atoms with Gasteiger partial charge >= 0.3 is 0 Å². The van der Waals surface area contributed by atoms with Crippen LogP contribution >= 0.6 is 34.8 Å². The minimum absolute atomic E-state index is 0.00683. The van der Waals surface area contributed by atoms with Crippen LogP contribution in [0.4, 0.5) is 11.4 Å². The fourth-order valence-electron chi connectivity index (χ4n) is 4.85. The zero-order valence-electron chi connectivity index (χ0n) is 29.2. The standard InChI is InChI=1S/C19H16ClN3O4S.C18H14Cl2N4O4S/c20-14-9-16(12-22-11-14)27-17-7-6-15(10-18(17)28(21,25)26)23-19(24)8-13-4-2-1-3-5-13;19-14-4-2-1-3-11(14)7-17(25)24-12-5-6-15(16(8-12)29(21,26)27)28-13-9-22-18(20)23-10-13/h1-7,9-12H,8H2,(H,23,24)(H2,21,25,26);1-6,8-10H,7H2,(H,24,25)(H2,21,26,27). The molecule has 294 valence electrons. The number of pyridine rings is 1. The Morgan fingerprint density at radius 2 is 1.14 bits per heavy atom. The van der Waals surface area contributed by atoms with Crippen molar-refractivity contribution < 1.29 is 35.9 Å². The second-order valence-electron chi connectivity index (χ2n) is 11.7. The maximum Gasteiger partial charge on any atom is 0.241 e. The van der Waals surface area contributed by atoms with Gasteiger partial charge in [-0.3, -0.25) is 14.6 Å². The molecule has 6 rings (SSSR count). The highest BCUT2D eigenvalue weighted by atomic mass is 35.5. The van der Waals surface area contributed by atoms with Crippen LogP contribution in [-0.2, 0) is 42.5 Å². The van der Waals surface area contributed by atoms with Crippen molar-refractivity contribution in [1.29, 1.82) is 0 Å². The van der Waals surface area contributed by atoms with E-state index >= 15 is 0 Å². The molecule has 0 saturated heterocycles. The van der Waals surface area contributed by atoms with Gasteiger partial charge in [0.1, 0.15) is 27.0 Å². The lowest BCUT2D eigenvalue weighted by atomic mass is 10.1. The summed E-state index contributed by atoms with van der Waals surface area (Å²) in [6, 6.07) is 25.8. The third-order valence-corrected chi connectivity index (χ3v) is 9.95. The summed E-state index contributed by atoms with van der Waals surface area (Å²) in [5.74, 6) is -0.319. The van der Waals surface area contributed by atoms with Crippen LogP contribution in [0.3, 0.4) is 0 Å². The molecule has 0 aliphatic heterocycles. The summed E-state index contributed by atoms with van der Waals surface area (Å²) in [6.07, 6.45) is 5.53. The zero-order valence-corrected chi connectivity index (χ0v) is 33.1. The highest BCUT2D eigenvalue weighted by molar-refractivity contribution is 7.89. The molecule has 0 bridgehead atoms. The largest absolute Gasteiger partial charge is 0.454 e. The Hall–Kier alpha value is -5.66. The molecule has 2 aromatic heterocycles. The third kappa shape index (κ3) is 12.9. The molecule has 2 heterocycles. The molecule has 0 radical (unpaired) electrons. The number of sulfonamides is 2. The predicted molar refractivity (Wildman–Crippen MR) is 215 cm³/mol. The van der Waals surface area contributed by atoms with E-state index in [1.54, 1.807) is 24.3 Å². The van der Waals surface area contributed by atoms with Crippen LogP contribution in [0.15, 0.2) is 132 Å². The number of nitrogens with zero attached hydrogens (tertiary/aromatic N) is 3. The van der Waals surface area contributed by atoms with Crippen molar-refractivity contribution >= 4 is 78.0 Å². The number of carbonyl (C=O) groups is 2. The molecule has 0 fully saturated rings. The number of nitrogens with two attached hydrogens (primary N) is 2. The predicted octanol–water partition coefficient (Wildman–Crippen LogP) is 6.76. The Morgan fingerprint density at radius 3 is 1.68 bits per heavy atom. The fraction of sp³-hybridized carbons (Fsp3) is 0.0541. The number of halogens is 3. The second-order valence-corrected chi connectivity index (χ2v) is 15.9. The number of rotatable bonds is 12. The number of carbonyl (C=O) groups excluding carboxylic acids is 2. The number of hydrogen-bond donors (Lipinski definition) is 4. The lowest BCUT2D eigenvalue weighted by molar-refractivity contribution is -0.116. The Kier molecular flexibility index (Phi) is 14.2. The van der Waals surface area contributed by atoms with E-state index in [0.29, 0.717) is 15.6 Å². The van der Waals surface area contributed by atoms with Crippen molar-refractivity contribution in [2.75, 3.05) is 10.6 Å². The number of primary sulfonamides is 2. The van der Waals surface area contributed by atoms with Crippen molar-refractivity contribution in [2.45, 2.75) is 22.6 Å². The normalized spacial score (nSPS) is 11.1. The van der Waals surface area contributed by atoms with Crippen LogP contribution < -0.4 is 30.4 Å². The van der Waals surface area contributed by atoms with Gasteiger partial charge in [-0.2, -0.15) is 0 Å². The number of amides is 2. The van der Waals surface area contributed by atoms with Crippen molar-refractivity contribution in [2.24, 2.45) is 10.3 Å². The van der Waals surface area contributed by atoms with Crippen LogP contribution in [-0.4, -0.2) is 43.6 Å². The number of benzene rings is 4. The van der Waals surface area contributed by atoms with E-state index in [-0.39, 0.29) is 74.1 Å². The molecule has 0 atom stereocenters. The van der Waals surface area contributed by atoms with Crippen molar-refractivity contribution in [1.82, 2.24) is 15.0 Å². The zero-order chi connectivity index (χ0) is 41.2. The highest BCUT2D eigenvalue weighted by Gasteiger charge is 2.20. The average Bonchev–Trinajstić information content (AvgIpc) is 3.14. The van der Waals surface area contributed by atoms with E-state index in [4.69, 9.17) is 54.6 Å². The summed E-state index contributed by atoms with van der Waals surface area (Å²) < 4.78 is 59.0. The summed E-state index contributed by atoms with van der Waals surface area (Å²) >= 11 is 17.5. The Bertz CT molecular complexity index is 2620. The molecule has 15 nitrogen and oxygen atoms in total. The number of ether oxygens (including phenoxy) is 2. The SMILES string of the molecule is NS(=O)(=O)c1cc(NC(=O)Cc2ccccc2)ccc1Oc1cncc(Cl)c1.NS(=O)(=O)c1cc(NC(=O)Cc2ccccc2Cl)ccc1Oc1cnc(Cl)nc1. The Balaban J connectivity index is 0.000000218. The number of hydrogen-bond acceptors (Lipinski definition) is 11. The van der Waals surface area contributed by atoms with Gasteiger partial charge in [0.15, 0.2) is 5.75 Å². The molecular formula is C37H30Cl3N7O8S2. The summed E-state index contributed by atoms with van der Waals surface area (Å²) in [5.41, 5.74) is 1.98. The second kappa shape index (κ2) is 19.0. The molecule has 0 aliphatic carbocycles. The average molecular weight is 871 g/mol. The van der Waals surface area contributed by atoms with E-state index < -0.39 is 20.0 Å². The van der Waals surface area contributed by atoms with Gasteiger partial charge in [-0.05, 0) is 65.2 Å². The first-order valence-electron chi connectivity index (χ1n) is 16.2. The Morgan fingerprint density at radius 1 is 0.614 bits per heavy atom. The quantitative estimate of drug-likeness (QED) is 0.0938. The minimum Gasteiger partial charge on any atom is -0.454 e. The van der Waals surface area contributed by atoms with Gasteiger partial charge in [0, 0.05) is 28.7 Å². The van der Waals surface area contributed by atoms with Gasteiger partial charge in [-0.25, -0.2) is 37.1 Å². The lowest BCUT2D eigenvalue weighted by Gasteiger charge is -2.12. The van der Waals surface area contributed by atoms with Crippen LogP contribution in [0.2, 0.25) is 15.3 Å². The topological polar surface area (TPSA) is 236 Å². The van der Waals surface area contributed by atoms with Crippen molar-refractivity contribution in [3.05, 3.63) is 148 Å². The van der Waals surface area contributed by atoms with Gasteiger partial charge in [0.25, 0.3) is 0 Å². The molecule has 6 aromatic rings. The van der Waals surface area contributed by atoms with Gasteiger partial charge in [0.2, 0.25) is 37.1 Å². The number of anilines is 2. The monoisotopic (exact) mass is 869 g/mol. The number of aromatic nitrogens is 3. The van der Waals surface area contributed by atoms with Gasteiger partial charge in [0.05, 0.1) is 36.5 Å². The molecule has 0 saturated carbocycles. The van der Waals surface area contributed by atoms with Gasteiger partial charge < -0.3 is 20.1 Å². The number of nitrogens with one attached hydrogen (secondary N) is 2. The minimum atomic E-state index is -4.15. The highest BCUT2D eigenvalue weighted by Crippen LogP contribution is 2.32. The molecular weight excluding hydrogens is 841 g/mol. The molecule has 20 heteroatoms. The van der Waals surface area contributed by atoms with E-state index in [9.17, 15) is 26.4 Å². The van der Waals surface area contributed by atoms with Crippen LogP contribution in [0.25, 0.3) is 0 Å². The van der Waals surface area contributed by atoms with E-state index in [1.165, 1.54) is 67.3 Å². The first kappa shape index (κ1) is 42.5. The summed E-state index contributed by atoms with van der Waals surface area (Å²) in [6.45, 7) is 0. The molecule has 57 heavy (non-hydrogen) atoms.